The molecule has 1 heterocycles. The third-order valence-electron chi connectivity index (χ3n) is 5.37. The first-order valence-electron chi connectivity index (χ1n) is 10.5. The molecule has 32 heavy (non-hydrogen) atoms. The Balaban J connectivity index is 1.40. The van der Waals surface area contributed by atoms with Crippen LogP contribution >= 0.6 is 0 Å². The number of aromatic amines is 1. The van der Waals surface area contributed by atoms with E-state index in [0.29, 0.717) is 17.7 Å². The zero-order chi connectivity index (χ0) is 22.5. The van der Waals surface area contributed by atoms with Gasteiger partial charge in [-0.2, -0.15) is 0 Å². The summed E-state index contributed by atoms with van der Waals surface area (Å²) in [6.45, 7) is 2.02. The summed E-state index contributed by atoms with van der Waals surface area (Å²) in [4.78, 5) is 28.4. The highest BCUT2D eigenvalue weighted by atomic mass is 16.2. The maximum absolute atomic E-state index is 12.6. The SMILES string of the molecule is Cc1ccc(/C=C/C(=O)c2cccc(NC(=O)C(N)Cc3c[nH]c4ccccc34)c2)cc1. The lowest BCUT2D eigenvalue weighted by Gasteiger charge is -2.12. The van der Waals surface area contributed by atoms with Crippen molar-refractivity contribution >= 4 is 34.4 Å². The Kier molecular flexibility index (Phi) is 6.29. The van der Waals surface area contributed by atoms with Crippen molar-refractivity contribution in [2.75, 3.05) is 5.32 Å². The first-order valence-corrected chi connectivity index (χ1v) is 10.5. The van der Waals surface area contributed by atoms with Gasteiger partial charge in [-0.1, -0.05) is 66.2 Å². The van der Waals surface area contributed by atoms with Crippen LogP contribution in [0.2, 0.25) is 0 Å². The molecule has 0 saturated carbocycles. The van der Waals surface area contributed by atoms with Crippen LogP contribution in [0.25, 0.3) is 17.0 Å². The van der Waals surface area contributed by atoms with Crippen molar-refractivity contribution in [3.63, 3.8) is 0 Å². The first kappa shape index (κ1) is 21.3. The fourth-order valence-corrected chi connectivity index (χ4v) is 3.56. The van der Waals surface area contributed by atoms with E-state index in [0.717, 1.165) is 22.0 Å². The molecule has 1 aromatic heterocycles. The van der Waals surface area contributed by atoms with Crippen molar-refractivity contribution in [2.45, 2.75) is 19.4 Å². The third kappa shape index (κ3) is 5.02. The van der Waals surface area contributed by atoms with Gasteiger partial charge in [0.15, 0.2) is 5.78 Å². The highest BCUT2D eigenvalue weighted by Gasteiger charge is 2.17. The van der Waals surface area contributed by atoms with Crippen molar-refractivity contribution in [3.8, 4) is 0 Å². The largest absolute Gasteiger partial charge is 0.361 e. The van der Waals surface area contributed by atoms with Gasteiger partial charge in [0.2, 0.25) is 5.91 Å². The maximum atomic E-state index is 12.6. The lowest BCUT2D eigenvalue weighted by atomic mass is 10.0. The van der Waals surface area contributed by atoms with Crippen LogP contribution in [0.3, 0.4) is 0 Å². The minimum atomic E-state index is -0.713. The van der Waals surface area contributed by atoms with Gasteiger partial charge < -0.3 is 16.0 Å². The molecule has 1 unspecified atom stereocenters. The number of allylic oxidation sites excluding steroid dienone is 1. The molecule has 0 aliphatic carbocycles. The van der Waals surface area contributed by atoms with Crippen LogP contribution in [0.5, 0.6) is 0 Å². The molecule has 5 nitrogen and oxygen atoms in total. The van der Waals surface area contributed by atoms with Gasteiger partial charge in [0.05, 0.1) is 6.04 Å². The van der Waals surface area contributed by atoms with Gasteiger partial charge in [-0.3, -0.25) is 9.59 Å². The molecule has 4 N–H and O–H groups in total. The summed E-state index contributed by atoms with van der Waals surface area (Å²) < 4.78 is 0. The van der Waals surface area contributed by atoms with Crippen LogP contribution in [-0.4, -0.2) is 22.7 Å². The minimum Gasteiger partial charge on any atom is -0.361 e. The molecule has 0 spiro atoms. The van der Waals surface area contributed by atoms with Crippen LogP contribution in [0, 0.1) is 6.92 Å². The standard InChI is InChI=1S/C27H25N3O2/c1-18-9-11-19(12-10-18)13-14-26(31)20-5-4-6-22(15-20)30-27(32)24(28)16-21-17-29-25-8-3-2-7-23(21)25/h2-15,17,24,29H,16,28H2,1H3,(H,30,32)/b14-13+. The Labute approximate surface area is 187 Å². The number of aromatic nitrogens is 1. The van der Waals surface area contributed by atoms with Gasteiger partial charge in [0.25, 0.3) is 0 Å². The second-order valence-electron chi connectivity index (χ2n) is 7.85. The number of carbonyl (C=O) groups is 2. The number of aryl methyl sites for hydroxylation is 1. The minimum absolute atomic E-state index is 0.134. The highest BCUT2D eigenvalue weighted by molar-refractivity contribution is 6.07. The molecule has 0 saturated heterocycles. The average molecular weight is 424 g/mol. The van der Waals surface area contributed by atoms with Gasteiger partial charge in [0.1, 0.15) is 0 Å². The number of ketones is 1. The molecule has 4 rings (SSSR count). The summed E-state index contributed by atoms with van der Waals surface area (Å²) in [5.74, 6) is -0.431. The van der Waals surface area contributed by atoms with E-state index < -0.39 is 6.04 Å². The predicted octanol–water partition coefficient (Wildman–Crippen LogP) is 4.88. The number of amides is 1. The van der Waals surface area contributed by atoms with Crippen LogP contribution in [0.1, 0.15) is 27.0 Å². The Bertz CT molecular complexity index is 1290. The lowest BCUT2D eigenvalue weighted by Crippen LogP contribution is -2.37. The van der Waals surface area contributed by atoms with E-state index in [-0.39, 0.29) is 11.7 Å². The van der Waals surface area contributed by atoms with Gasteiger partial charge in [-0.05, 0) is 48.7 Å². The van der Waals surface area contributed by atoms with Gasteiger partial charge in [-0.25, -0.2) is 0 Å². The number of carbonyl (C=O) groups excluding carboxylic acids is 2. The smallest absolute Gasteiger partial charge is 0.241 e. The van der Waals surface area contributed by atoms with Gasteiger partial charge >= 0.3 is 0 Å². The summed E-state index contributed by atoms with van der Waals surface area (Å²) in [6.07, 6.45) is 5.61. The zero-order valence-corrected chi connectivity index (χ0v) is 17.8. The number of nitrogens with one attached hydrogen (secondary N) is 2. The molecule has 0 aliphatic heterocycles. The van der Waals surface area contributed by atoms with Gasteiger partial charge in [0, 0.05) is 28.4 Å². The Morgan fingerprint density at radius 2 is 1.81 bits per heavy atom. The number of hydrogen-bond acceptors (Lipinski definition) is 3. The number of anilines is 1. The molecule has 0 aliphatic rings. The number of nitrogens with two attached hydrogens (primary N) is 1. The quantitative estimate of drug-likeness (QED) is 0.292. The summed E-state index contributed by atoms with van der Waals surface area (Å²) in [7, 11) is 0. The highest BCUT2D eigenvalue weighted by Crippen LogP contribution is 2.19. The monoisotopic (exact) mass is 423 g/mol. The fraction of sp³-hybridized carbons (Fsp3) is 0.111. The van der Waals surface area contributed by atoms with Gasteiger partial charge in [-0.15, -0.1) is 0 Å². The normalized spacial score (nSPS) is 12.2. The van der Waals surface area contributed by atoms with Crippen molar-refractivity contribution in [1.82, 2.24) is 4.98 Å². The number of fused-ring (bicyclic) bond motifs is 1. The molecular formula is C27H25N3O2. The number of benzene rings is 3. The summed E-state index contributed by atoms with van der Waals surface area (Å²) >= 11 is 0. The average Bonchev–Trinajstić information content (AvgIpc) is 3.21. The molecule has 0 bridgehead atoms. The molecular weight excluding hydrogens is 398 g/mol. The number of hydrogen-bond donors (Lipinski definition) is 3. The van der Waals surface area contributed by atoms with E-state index in [2.05, 4.69) is 10.3 Å². The van der Waals surface area contributed by atoms with E-state index in [1.807, 2.05) is 61.7 Å². The fourth-order valence-electron chi connectivity index (χ4n) is 3.56. The number of H-pyrrole nitrogens is 1. The first-order chi connectivity index (χ1) is 15.5. The summed E-state index contributed by atoms with van der Waals surface area (Å²) in [5, 5.41) is 3.89. The second kappa shape index (κ2) is 9.45. The van der Waals surface area contributed by atoms with Crippen LogP contribution in [-0.2, 0) is 11.2 Å². The maximum Gasteiger partial charge on any atom is 0.241 e. The van der Waals surface area contributed by atoms with E-state index in [1.165, 1.54) is 11.6 Å². The van der Waals surface area contributed by atoms with Crippen molar-refractivity contribution in [3.05, 3.63) is 107 Å². The van der Waals surface area contributed by atoms with Crippen LogP contribution in [0.4, 0.5) is 5.69 Å². The lowest BCUT2D eigenvalue weighted by molar-refractivity contribution is -0.117. The molecule has 0 fully saturated rings. The van der Waals surface area contributed by atoms with E-state index >= 15 is 0 Å². The van der Waals surface area contributed by atoms with E-state index in [9.17, 15) is 9.59 Å². The zero-order valence-electron chi connectivity index (χ0n) is 17.8. The number of rotatable bonds is 7. The summed E-state index contributed by atoms with van der Waals surface area (Å²) in [5.41, 5.74) is 11.3. The van der Waals surface area contributed by atoms with Crippen LogP contribution in [0.15, 0.2) is 85.1 Å². The molecule has 3 aromatic carbocycles. The van der Waals surface area contributed by atoms with Crippen molar-refractivity contribution in [1.29, 1.82) is 0 Å². The molecule has 1 atom stereocenters. The van der Waals surface area contributed by atoms with Crippen molar-refractivity contribution in [2.24, 2.45) is 5.73 Å². The summed E-state index contributed by atoms with van der Waals surface area (Å²) in [6, 6.07) is 22.0. The molecule has 1 amide bonds. The van der Waals surface area contributed by atoms with E-state index in [1.54, 1.807) is 30.3 Å². The number of para-hydroxylation sites is 1. The second-order valence-corrected chi connectivity index (χ2v) is 7.85. The topological polar surface area (TPSA) is 88.0 Å². The Morgan fingerprint density at radius 1 is 1.03 bits per heavy atom. The molecule has 4 aromatic rings. The Hall–Kier alpha value is -3.96. The molecule has 0 radical (unpaired) electrons. The van der Waals surface area contributed by atoms with Crippen LogP contribution < -0.4 is 11.1 Å². The predicted molar refractivity (Wildman–Crippen MR) is 130 cm³/mol. The van der Waals surface area contributed by atoms with E-state index in [4.69, 9.17) is 5.73 Å². The molecule has 160 valence electrons. The Morgan fingerprint density at radius 3 is 2.62 bits per heavy atom. The third-order valence-corrected chi connectivity index (χ3v) is 5.37. The van der Waals surface area contributed by atoms with Crippen molar-refractivity contribution < 1.29 is 9.59 Å². The molecule has 5 heteroatoms.